The van der Waals surface area contributed by atoms with Crippen LogP contribution in [0, 0.1) is 10.1 Å². The Hall–Kier alpha value is -2.57. The third kappa shape index (κ3) is 4.78. The van der Waals surface area contributed by atoms with E-state index in [1.54, 1.807) is 41.3 Å². The monoisotopic (exact) mass is 405 g/mol. The zero-order valence-electron chi connectivity index (χ0n) is 14.3. The van der Waals surface area contributed by atoms with E-state index in [9.17, 15) is 14.9 Å². The highest BCUT2D eigenvalue weighted by molar-refractivity contribution is 6.42. The highest BCUT2D eigenvalue weighted by atomic mass is 35.5. The van der Waals surface area contributed by atoms with Crippen molar-refractivity contribution in [1.29, 1.82) is 0 Å². The van der Waals surface area contributed by atoms with Gasteiger partial charge in [0.05, 0.1) is 15.0 Å². The second kappa shape index (κ2) is 8.41. The zero-order valence-corrected chi connectivity index (χ0v) is 15.9. The third-order valence-corrected chi connectivity index (χ3v) is 5.12. The molecule has 2 aromatic carbocycles. The lowest BCUT2D eigenvalue weighted by Crippen LogP contribution is -2.48. The van der Waals surface area contributed by atoms with E-state index in [4.69, 9.17) is 23.2 Å². The molecule has 3 rings (SSSR count). The Morgan fingerprint density at radius 3 is 2.26 bits per heavy atom. The molecule has 0 bridgehead atoms. The highest BCUT2D eigenvalue weighted by Gasteiger charge is 2.20. The molecule has 1 aliphatic heterocycles. The van der Waals surface area contributed by atoms with E-state index >= 15 is 0 Å². The van der Waals surface area contributed by atoms with Crippen molar-refractivity contribution < 1.29 is 9.72 Å². The lowest BCUT2D eigenvalue weighted by Gasteiger charge is -2.35. The fourth-order valence-electron chi connectivity index (χ4n) is 2.86. The van der Waals surface area contributed by atoms with E-state index in [2.05, 4.69) is 4.90 Å². The minimum absolute atomic E-state index is 0.0654. The topological polar surface area (TPSA) is 66.7 Å². The number of piperazine rings is 1. The quantitative estimate of drug-likeness (QED) is 0.432. The molecule has 1 amide bonds. The van der Waals surface area contributed by atoms with Gasteiger partial charge in [-0.1, -0.05) is 29.3 Å². The van der Waals surface area contributed by atoms with Crippen molar-refractivity contribution in [3.05, 3.63) is 74.3 Å². The Morgan fingerprint density at radius 2 is 1.67 bits per heavy atom. The fraction of sp³-hybridized carbons (Fsp3) is 0.211. The normalized spacial score (nSPS) is 14.6. The summed E-state index contributed by atoms with van der Waals surface area (Å²) in [6.45, 7) is 2.51. The summed E-state index contributed by atoms with van der Waals surface area (Å²) in [5.74, 6) is -0.0654. The summed E-state index contributed by atoms with van der Waals surface area (Å²) in [5, 5.41) is 11.7. The van der Waals surface area contributed by atoms with Crippen LogP contribution in [-0.4, -0.2) is 41.9 Å². The number of carbonyl (C=O) groups excluding carboxylic acids is 1. The molecule has 2 aromatic rings. The Labute approximate surface area is 166 Å². The number of amides is 1. The lowest BCUT2D eigenvalue weighted by atomic mass is 10.2. The third-order valence-electron chi connectivity index (χ3n) is 4.38. The van der Waals surface area contributed by atoms with Gasteiger partial charge in [-0.15, -0.1) is 0 Å². The van der Waals surface area contributed by atoms with Gasteiger partial charge in [-0.2, -0.15) is 0 Å². The van der Waals surface area contributed by atoms with Crippen LogP contribution < -0.4 is 4.90 Å². The first-order chi connectivity index (χ1) is 12.9. The van der Waals surface area contributed by atoms with Gasteiger partial charge in [0.2, 0.25) is 5.91 Å². The number of hydrogen-bond donors (Lipinski definition) is 0. The minimum Gasteiger partial charge on any atom is -0.368 e. The number of non-ortho nitro benzene ring substituents is 1. The molecule has 0 aromatic heterocycles. The molecule has 0 N–H and O–H groups in total. The van der Waals surface area contributed by atoms with Crippen molar-refractivity contribution >= 4 is 46.6 Å². The highest BCUT2D eigenvalue weighted by Crippen LogP contribution is 2.23. The molecule has 1 heterocycles. The number of nitrogens with zero attached hydrogens (tertiary/aromatic N) is 3. The number of rotatable bonds is 4. The van der Waals surface area contributed by atoms with Gasteiger partial charge in [0.15, 0.2) is 0 Å². The second-order valence-electron chi connectivity index (χ2n) is 6.09. The Balaban J connectivity index is 1.56. The van der Waals surface area contributed by atoms with Gasteiger partial charge >= 0.3 is 0 Å². The van der Waals surface area contributed by atoms with Crippen LogP contribution in [0.5, 0.6) is 0 Å². The molecule has 27 heavy (non-hydrogen) atoms. The van der Waals surface area contributed by atoms with Crippen LogP contribution in [-0.2, 0) is 4.79 Å². The lowest BCUT2D eigenvalue weighted by molar-refractivity contribution is -0.384. The molecule has 1 saturated heterocycles. The van der Waals surface area contributed by atoms with Gasteiger partial charge in [0.25, 0.3) is 5.69 Å². The van der Waals surface area contributed by atoms with E-state index in [1.165, 1.54) is 18.2 Å². The first kappa shape index (κ1) is 19.2. The summed E-state index contributed by atoms with van der Waals surface area (Å²) in [4.78, 5) is 26.6. The first-order valence-corrected chi connectivity index (χ1v) is 9.11. The van der Waals surface area contributed by atoms with Gasteiger partial charge in [-0.3, -0.25) is 14.9 Å². The van der Waals surface area contributed by atoms with Gasteiger partial charge < -0.3 is 9.80 Å². The molecular weight excluding hydrogens is 389 g/mol. The van der Waals surface area contributed by atoms with Crippen LogP contribution in [0.2, 0.25) is 10.0 Å². The van der Waals surface area contributed by atoms with Crippen LogP contribution in [0.25, 0.3) is 6.08 Å². The molecule has 0 aliphatic carbocycles. The Morgan fingerprint density at radius 1 is 1.00 bits per heavy atom. The zero-order chi connectivity index (χ0) is 19.4. The number of nitro groups is 1. The predicted octanol–water partition coefficient (Wildman–Crippen LogP) is 4.26. The van der Waals surface area contributed by atoms with Gasteiger partial charge in [-0.05, 0) is 35.9 Å². The Bertz CT molecular complexity index is 876. The molecular formula is C19H17Cl2N3O3. The standard InChI is InChI=1S/C19H17Cl2N3O3/c20-17-7-1-14(13-18(17)21)2-8-19(25)23-11-9-22(10-12-23)15-3-5-16(6-4-15)24(26)27/h1-8,13H,9-12H2. The molecule has 0 saturated carbocycles. The first-order valence-electron chi connectivity index (χ1n) is 8.35. The summed E-state index contributed by atoms with van der Waals surface area (Å²) in [5.41, 5.74) is 1.79. The molecule has 6 nitrogen and oxygen atoms in total. The van der Waals surface area contributed by atoms with Crippen molar-refractivity contribution in [3.63, 3.8) is 0 Å². The number of benzene rings is 2. The predicted molar refractivity (Wildman–Crippen MR) is 107 cm³/mol. The summed E-state index contributed by atoms with van der Waals surface area (Å²) in [6, 6.07) is 11.7. The molecule has 0 radical (unpaired) electrons. The van der Waals surface area contributed by atoms with Gasteiger partial charge in [0.1, 0.15) is 0 Å². The number of halogens is 2. The molecule has 1 aliphatic rings. The second-order valence-corrected chi connectivity index (χ2v) is 6.91. The van der Waals surface area contributed by atoms with Crippen molar-refractivity contribution in [3.8, 4) is 0 Å². The van der Waals surface area contributed by atoms with Crippen LogP contribution in [0.4, 0.5) is 11.4 Å². The fourth-order valence-corrected chi connectivity index (χ4v) is 3.17. The number of hydrogen-bond acceptors (Lipinski definition) is 4. The van der Waals surface area contributed by atoms with E-state index in [0.29, 0.717) is 36.2 Å². The average molecular weight is 406 g/mol. The van der Waals surface area contributed by atoms with E-state index in [1.807, 2.05) is 0 Å². The molecule has 0 atom stereocenters. The van der Waals surface area contributed by atoms with E-state index in [-0.39, 0.29) is 11.6 Å². The number of nitro benzene ring substituents is 1. The number of carbonyl (C=O) groups is 1. The van der Waals surface area contributed by atoms with Crippen molar-refractivity contribution in [2.75, 3.05) is 31.1 Å². The largest absolute Gasteiger partial charge is 0.368 e. The summed E-state index contributed by atoms with van der Waals surface area (Å²) in [7, 11) is 0. The molecule has 1 fully saturated rings. The van der Waals surface area contributed by atoms with Crippen molar-refractivity contribution in [2.24, 2.45) is 0 Å². The molecule has 0 spiro atoms. The van der Waals surface area contributed by atoms with Crippen LogP contribution in [0.3, 0.4) is 0 Å². The Kier molecular flexibility index (Phi) is 5.98. The van der Waals surface area contributed by atoms with Crippen LogP contribution in [0.1, 0.15) is 5.56 Å². The number of anilines is 1. The van der Waals surface area contributed by atoms with E-state index < -0.39 is 4.92 Å². The molecule has 8 heteroatoms. The molecule has 0 unspecified atom stereocenters. The smallest absolute Gasteiger partial charge is 0.269 e. The van der Waals surface area contributed by atoms with Gasteiger partial charge in [-0.25, -0.2) is 0 Å². The van der Waals surface area contributed by atoms with Crippen molar-refractivity contribution in [1.82, 2.24) is 4.90 Å². The van der Waals surface area contributed by atoms with E-state index in [0.717, 1.165) is 11.3 Å². The SMILES string of the molecule is O=C(C=Cc1ccc(Cl)c(Cl)c1)N1CCN(c2ccc([N+](=O)[O-])cc2)CC1. The molecule has 140 valence electrons. The van der Waals surface area contributed by atoms with Crippen LogP contribution in [0.15, 0.2) is 48.5 Å². The maximum atomic E-state index is 12.4. The summed E-state index contributed by atoms with van der Waals surface area (Å²) in [6.07, 6.45) is 3.24. The maximum absolute atomic E-state index is 12.4. The maximum Gasteiger partial charge on any atom is 0.269 e. The average Bonchev–Trinajstić information content (AvgIpc) is 2.69. The van der Waals surface area contributed by atoms with Crippen LogP contribution >= 0.6 is 23.2 Å². The van der Waals surface area contributed by atoms with Gasteiger partial charge in [0, 0.05) is 50.1 Å². The minimum atomic E-state index is -0.416. The summed E-state index contributed by atoms with van der Waals surface area (Å²) < 4.78 is 0. The summed E-state index contributed by atoms with van der Waals surface area (Å²) >= 11 is 11.9. The van der Waals surface area contributed by atoms with Crippen molar-refractivity contribution in [2.45, 2.75) is 0 Å².